The molecule has 1 N–H and O–H groups in total. The summed E-state index contributed by atoms with van der Waals surface area (Å²) in [5.41, 5.74) is 4.19. The minimum Gasteiger partial charge on any atom is -0.491 e. The first kappa shape index (κ1) is 19.7. The molecule has 0 atom stereocenters. The lowest BCUT2D eigenvalue weighted by molar-refractivity contribution is -0.00448. The van der Waals surface area contributed by atoms with Crippen LogP contribution >= 0.6 is 0 Å². The highest BCUT2D eigenvalue weighted by molar-refractivity contribution is 5.94. The van der Waals surface area contributed by atoms with Crippen LogP contribution in [0.2, 0.25) is 0 Å². The first-order valence-corrected chi connectivity index (χ1v) is 10.9. The predicted octanol–water partition coefficient (Wildman–Crippen LogP) is 4.70. The number of H-pyrrole nitrogens is 1. The van der Waals surface area contributed by atoms with Crippen LogP contribution in [0, 0.1) is 6.92 Å². The Morgan fingerprint density at radius 3 is 2.71 bits per heavy atom. The van der Waals surface area contributed by atoms with Gasteiger partial charge in [-0.05, 0) is 56.7 Å². The van der Waals surface area contributed by atoms with Crippen molar-refractivity contribution < 1.29 is 14.3 Å². The van der Waals surface area contributed by atoms with Gasteiger partial charge < -0.3 is 19.4 Å². The van der Waals surface area contributed by atoms with Gasteiger partial charge in [0.1, 0.15) is 17.2 Å². The molecular formula is C25H27N3O3. The number of aromatic nitrogens is 2. The first-order chi connectivity index (χ1) is 15.0. The monoisotopic (exact) mass is 417 g/mol. The Bertz CT molecular complexity index is 1130. The Morgan fingerprint density at radius 2 is 1.97 bits per heavy atom. The summed E-state index contributed by atoms with van der Waals surface area (Å²) in [5.74, 6) is 1.74. The van der Waals surface area contributed by atoms with E-state index in [-0.39, 0.29) is 12.0 Å². The van der Waals surface area contributed by atoms with Crippen LogP contribution in [0.25, 0.3) is 11.3 Å². The second kappa shape index (κ2) is 7.45. The molecule has 0 unspecified atom stereocenters. The highest BCUT2D eigenvalue weighted by Crippen LogP contribution is 2.48. The molecule has 2 aromatic carbocycles. The average Bonchev–Trinajstić information content (AvgIpc) is 3.27. The number of benzene rings is 2. The minimum atomic E-state index is -0.495. The number of ether oxygens (including phenoxy) is 2. The average molecular weight is 418 g/mol. The summed E-state index contributed by atoms with van der Waals surface area (Å²) >= 11 is 0. The third kappa shape index (κ3) is 3.36. The van der Waals surface area contributed by atoms with Gasteiger partial charge in [-0.25, -0.2) is 4.98 Å². The number of nitrogens with zero attached hydrogens (tertiary/aromatic N) is 2. The SMILES string of the molecule is Cc1cc(C(=O)N2CCC3(CC2)Oc2ccccc2-c2[nH]cnc23)ccc1OC(C)C. The molecule has 0 bridgehead atoms. The molecule has 1 saturated heterocycles. The van der Waals surface area contributed by atoms with Gasteiger partial charge in [0.25, 0.3) is 5.91 Å². The van der Waals surface area contributed by atoms with Crippen molar-refractivity contribution in [3.8, 4) is 22.8 Å². The number of carbonyl (C=O) groups excluding carboxylic acids is 1. The van der Waals surface area contributed by atoms with Crippen LogP contribution in [0.5, 0.6) is 11.5 Å². The number of piperidine rings is 1. The number of aryl methyl sites for hydroxylation is 1. The van der Waals surface area contributed by atoms with Crippen molar-refractivity contribution in [1.29, 1.82) is 0 Å². The maximum Gasteiger partial charge on any atom is 0.253 e. The molecule has 1 spiro atoms. The molecule has 5 rings (SSSR count). The first-order valence-electron chi connectivity index (χ1n) is 10.9. The topological polar surface area (TPSA) is 67.5 Å². The molecule has 0 radical (unpaired) electrons. The number of fused-ring (bicyclic) bond motifs is 4. The van der Waals surface area contributed by atoms with E-state index >= 15 is 0 Å². The molecule has 3 heterocycles. The van der Waals surface area contributed by atoms with Crippen LogP contribution in [0.4, 0.5) is 0 Å². The van der Waals surface area contributed by atoms with E-state index in [1.54, 1.807) is 6.33 Å². The summed E-state index contributed by atoms with van der Waals surface area (Å²) in [6, 6.07) is 13.7. The Labute approximate surface area is 182 Å². The van der Waals surface area contributed by atoms with Crippen molar-refractivity contribution in [2.75, 3.05) is 13.1 Å². The van der Waals surface area contributed by atoms with Crippen molar-refractivity contribution >= 4 is 5.91 Å². The van der Waals surface area contributed by atoms with Gasteiger partial charge in [-0.3, -0.25) is 4.79 Å². The van der Waals surface area contributed by atoms with Crippen LogP contribution in [0.1, 0.15) is 48.3 Å². The highest BCUT2D eigenvalue weighted by atomic mass is 16.5. The largest absolute Gasteiger partial charge is 0.491 e. The van der Waals surface area contributed by atoms with Crippen molar-refractivity contribution in [3.05, 3.63) is 65.6 Å². The van der Waals surface area contributed by atoms with E-state index in [1.165, 1.54) is 0 Å². The predicted molar refractivity (Wildman–Crippen MR) is 118 cm³/mol. The quantitative estimate of drug-likeness (QED) is 0.671. The second-order valence-electron chi connectivity index (χ2n) is 8.66. The third-order valence-electron chi connectivity index (χ3n) is 6.18. The smallest absolute Gasteiger partial charge is 0.253 e. The molecular weight excluding hydrogens is 390 g/mol. The summed E-state index contributed by atoms with van der Waals surface area (Å²) < 4.78 is 12.3. The lowest BCUT2D eigenvalue weighted by Gasteiger charge is -2.43. The molecule has 2 aliphatic heterocycles. The fraction of sp³-hybridized carbons (Fsp3) is 0.360. The molecule has 6 nitrogen and oxygen atoms in total. The molecule has 3 aromatic rings. The zero-order valence-corrected chi connectivity index (χ0v) is 18.1. The summed E-state index contributed by atoms with van der Waals surface area (Å²) in [6.45, 7) is 7.22. The number of likely N-dealkylation sites (tertiary alicyclic amines) is 1. The minimum absolute atomic E-state index is 0.0486. The molecule has 31 heavy (non-hydrogen) atoms. The van der Waals surface area contributed by atoms with E-state index in [0.717, 1.165) is 34.0 Å². The van der Waals surface area contributed by atoms with Gasteiger partial charge in [-0.2, -0.15) is 0 Å². The van der Waals surface area contributed by atoms with E-state index in [4.69, 9.17) is 9.47 Å². The number of hydrogen-bond acceptors (Lipinski definition) is 4. The maximum absolute atomic E-state index is 13.2. The molecule has 2 aliphatic rings. The van der Waals surface area contributed by atoms with E-state index in [9.17, 15) is 4.79 Å². The van der Waals surface area contributed by atoms with Gasteiger partial charge in [0.15, 0.2) is 5.60 Å². The van der Waals surface area contributed by atoms with Gasteiger partial charge in [0.2, 0.25) is 0 Å². The molecule has 160 valence electrons. The fourth-order valence-electron chi connectivity index (χ4n) is 4.63. The van der Waals surface area contributed by atoms with E-state index in [0.29, 0.717) is 31.5 Å². The van der Waals surface area contributed by atoms with Crippen LogP contribution < -0.4 is 9.47 Å². The third-order valence-corrected chi connectivity index (χ3v) is 6.18. The molecule has 1 aromatic heterocycles. The summed E-state index contributed by atoms with van der Waals surface area (Å²) in [4.78, 5) is 23.0. The van der Waals surface area contributed by atoms with Gasteiger partial charge >= 0.3 is 0 Å². The van der Waals surface area contributed by atoms with Crippen LogP contribution in [0.15, 0.2) is 48.8 Å². The Morgan fingerprint density at radius 1 is 1.19 bits per heavy atom. The standard InChI is InChI=1S/C25H27N3O3/c1-16(2)30-20-9-8-18(14-17(20)3)24(29)28-12-10-25(11-13-28)23-22(26-15-27-23)19-6-4-5-7-21(19)31-25/h4-9,14-16H,10-13H2,1-3H3,(H,26,27). The molecule has 6 heteroatoms. The molecule has 0 saturated carbocycles. The molecule has 1 fully saturated rings. The normalized spacial score (nSPS) is 16.6. The van der Waals surface area contributed by atoms with Gasteiger partial charge in [-0.15, -0.1) is 0 Å². The maximum atomic E-state index is 13.2. The highest BCUT2D eigenvalue weighted by Gasteiger charge is 2.46. The summed E-state index contributed by atoms with van der Waals surface area (Å²) in [5, 5.41) is 0. The van der Waals surface area contributed by atoms with Gasteiger partial charge in [-0.1, -0.05) is 12.1 Å². The van der Waals surface area contributed by atoms with Crippen LogP contribution in [-0.2, 0) is 5.60 Å². The number of aromatic amines is 1. The zero-order chi connectivity index (χ0) is 21.6. The number of nitrogens with one attached hydrogen (secondary N) is 1. The number of imidazole rings is 1. The fourth-order valence-corrected chi connectivity index (χ4v) is 4.63. The number of hydrogen-bond donors (Lipinski definition) is 1. The van der Waals surface area contributed by atoms with Crippen molar-refractivity contribution in [2.45, 2.75) is 45.3 Å². The van der Waals surface area contributed by atoms with Gasteiger partial charge in [0.05, 0.1) is 18.1 Å². The summed E-state index contributed by atoms with van der Waals surface area (Å²) in [6.07, 6.45) is 3.25. The van der Waals surface area contributed by atoms with E-state index in [2.05, 4.69) is 9.97 Å². The van der Waals surface area contributed by atoms with E-state index < -0.39 is 5.60 Å². The Hall–Kier alpha value is -3.28. The van der Waals surface area contributed by atoms with Crippen molar-refractivity contribution in [2.24, 2.45) is 0 Å². The van der Waals surface area contributed by atoms with E-state index in [1.807, 2.05) is 68.1 Å². The van der Waals surface area contributed by atoms with Gasteiger partial charge in [0, 0.05) is 37.1 Å². The molecule has 0 aliphatic carbocycles. The van der Waals surface area contributed by atoms with Crippen LogP contribution in [-0.4, -0.2) is 40.0 Å². The van der Waals surface area contributed by atoms with Crippen molar-refractivity contribution in [3.63, 3.8) is 0 Å². The van der Waals surface area contributed by atoms with Crippen molar-refractivity contribution in [1.82, 2.24) is 14.9 Å². The number of rotatable bonds is 3. The lowest BCUT2D eigenvalue weighted by Crippen LogP contribution is -2.49. The second-order valence-corrected chi connectivity index (χ2v) is 8.66. The number of carbonyl (C=O) groups is 1. The summed E-state index contributed by atoms with van der Waals surface area (Å²) in [7, 11) is 0. The Kier molecular flexibility index (Phi) is 4.73. The number of amides is 1. The lowest BCUT2D eigenvalue weighted by atomic mass is 9.83. The zero-order valence-electron chi connectivity index (χ0n) is 18.1. The number of para-hydroxylation sites is 1. The van der Waals surface area contributed by atoms with Crippen LogP contribution in [0.3, 0.4) is 0 Å². The molecule has 1 amide bonds. The Balaban J connectivity index is 1.34.